The van der Waals surface area contributed by atoms with Crippen LogP contribution in [0.25, 0.3) is 0 Å². The predicted molar refractivity (Wildman–Crippen MR) is 99.3 cm³/mol. The number of carbonyl (C=O) groups excluding carboxylic acids is 1. The monoisotopic (exact) mass is 432 g/mol. The highest BCUT2D eigenvalue weighted by molar-refractivity contribution is 5.99. The van der Waals surface area contributed by atoms with Crippen LogP contribution in [-0.2, 0) is 22.3 Å². The molecular formula is C22H16F4N2O3. The van der Waals surface area contributed by atoms with E-state index in [-0.39, 0.29) is 58.8 Å². The number of ether oxygens (including phenoxy) is 2. The Kier molecular flexibility index (Phi) is 6.40. The Labute approximate surface area is 175 Å². The second kappa shape index (κ2) is 8.84. The molecule has 0 N–H and O–H groups in total. The highest BCUT2D eigenvalue weighted by Gasteiger charge is 2.37. The second-order valence-electron chi connectivity index (χ2n) is 6.96. The molecule has 0 bridgehead atoms. The first-order valence-electron chi connectivity index (χ1n) is 9.19. The summed E-state index contributed by atoms with van der Waals surface area (Å²) < 4.78 is 64.5. The molecule has 9 heteroatoms. The van der Waals surface area contributed by atoms with E-state index in [0.29, 0.717) is 0 Å². The zero-order valence-corrected chi connectivity index (χ0v) is 16.3. The van der Waals surface area contributed by atoms with Crippen LogP contribution in [0.3, 0.4) is 0 Å². The van der Waals surface area contributed by atoms with Gasteiger partial charge in [-0.2, -0.15) is 23.7 Å². The van der Waals surface area contributed by atoms with Crippen LogP contribution < -0.4 is 0 Å². The van der Waals surface area contributed by atoms with Gasteiger partial charge in [-0.1, -0.05) is 6.07 Å². The van der Waals surface area contributed by atoms with Crippen molar-refractivity contribution < 1.29 is 31.8 Å². The minimum Gasteiger partial charge on any atom is -0.359 e. The average Bonchev–Trinajstić information content (AvgIpc) is 2.72. The van der Waals surface area contributed by atoms with Crippen LogP contribution >= 0.6 is 0 Å². The number of alkyl halides is 3. The van der Waals surface area contributed by atoms with E-state index < -0.39 is 30.1 Å². The molecule has 160 valence electrons. The van der Waals surface area contributed by atoms with Crippen LogP contribution in [0.2, 0.25) is 0 Å². The maximum absolute atomic E-state index is 13.9. The number of hydrogen-bond donors (Lipinski definition) is 0. The summed E-state index contributed by atoms with van der Waals surface area (Å²) in [6.07, 6.45) is -4.55. The summed E-state index contributed by atoms with van der Waals surface area (Å²) in [6, 6.07) is 7.70. The highest BCUT2D eigenvalue weighted by atomic mass is 19.4. The molecule has 31 heavy (non-hydrogen) atoms. The lowest BCUT2D eigenvalue weighted by Crippen LogP contribution is -2.21. The topological polar surface area (TPSA) is 83.1 Å². The van der Waals surface area contributed by atoms with Crippen molar-refractivity contribution in [2.24, 2.45) is 0 Å². The number of methoxy groups -OCH3 is 1. The van der Waals surface area contributed by atoms with Crippen molar-refractivity contribution in [1.82, 2.24) is 0 Å². The van der Waals surface area contributed by atoms with E-state index in [0.717, 1.165) is 18.2 Å². The van der Waals surface area contributed by atoms with Gasteiger partial charge in [-0.25, -0.2) is 4.39 Å². The van der Waals surface area contributed by atoms with E-state index in [1.54, 1.807) is 0 Å². The van der Waals surface area contributed by atoms with Gasteiger partial charge in [0.25, 0.3) is 0 Å². The molecule has 1 aliphatic rings. The normalized spacial score (nSPS) is 15.8. The van der Waals surface area contributed by atoms with Crippen molar-refractivity contribution in [3.05, 3.63) is 69.0 Å². The summed E-state index contributed by atoms with van der Waals surface area (Å²) in [5.41, 5.74) is -1.25. The maximum atomic E-state index is 13.9. The SMILES string of the molecule is COCOCc1c(C(F)(F)F)ccc(C2CCC(=O)c3cc(F)cc(C#N)c32)c1C#N. The average molecular weight is 432 g/mol. The van der Waals surface area contributed by atoms with Crippen LogP contribution in [0.5, 0.6) is 0 Å². The quantitative estimate of drug-likeness (QED) is 0.384. The van der Waals surface area contributed by atoms with Gasteiger partial charge < -0.3 is 9.47 Å². The lowest BCUT2D eigenvalue weighted by molar-refractivity contribution is -0.139. The van der Waals surface area contributed by atoms with E-state index in [1.165, 1.54) is 13.2 Å². The van der Waals surface area contributed by atoms with E-state index in [4.69, 9.17) is 9.47 Å². The molecule has 1 unspecified atom stereocenters. The molecule has 2 aromatic rings. The number of nitrogens with zero attached hydrogens (tertiary/aromatic N) is 2. The summed E-state index contributed by atoms with van der Waals surface area (Å²) >= 11 is 0. The van der Waals surface area contributed by atoms with Gasteiger partial charge in [0.2, 0.25) is 0 Å². The molecular weight excluding hydrogens is 416 g/mol. The third kappa shape index (κ3) is 4.29. The first-order chi connectivity index (χ1) is 14.7. The number of fused-ring (bicyclic) bond motifs is 1. The molecule has 1 atom stereocenters. The minimum atomic E-state index is -4.72. The van der Waals surface area contributed by atoms with Crippen molar-refractivity contribution >= 4 is 5.78 Å². The standard InChI is InChI=1S/C22H16F4N2O3/c1-30-11-31-10-18-17(9-28)14(2-4-19(18)22(24,25)26)15-3-5-20(29)16-7-13(23)6-12(8-27)21(15)16/h2,4,6-7,15H,3,5,10-11H2,1H3. The molecule has 2 aromatic carbocycles. The minimum absolute atomic E-state index is 0.00733. The molecule has 0 saturated heterocycles. The van der Waals surface area contributed by atoms with Crippen molar-refractivity contribution in [1.29, 1.82) is 10.5 Å². The summed E-state index contributed by atoms with van der Waals surface area (Å²) in [5, 5.41) is 19.2. The van der Waals surface area contributed by atoms with Gasteiger partial charge in [-0.05, 0) is 35.7 Å². The van der Waals surface area contributed by atoms with Crippen LogP contribution in [0, 0.1) is 28.5 Å². The number of hydrogen-bond acceptors (Lipinski definition) is 5. The summed E-state index contributed by atoms with van der Waals surface area (Å²) in [6.45, 7) is -0.794. The van der Waals surface area contributed by atoms with Gasteiger partial charge in [0, 0.05) is 30.6 Å². The van der Waals surface area contributed by atoms with E-state index >= 15 is 0 Å². The third-order valence-electron chi connectivity index (χ3n) is 5.16. The van der Waals surface area contributed by atoms with Gasteiger partial charge in [-0.15, -0.1) is 0 Å². The third-order valence-corrected chi connectivity index (χ3v) is 5.16. The Balaban J connectivity index is 2.25. The van der Waals surface area contributed by atoms with E-state index in [9.17, 15) is 32.9 Å². The number of ketones is 1. The van der Waals surface area contributed by atoms with Crippen molar-refractivity contribution in [3.8, 4) is 12.1 Å². The molecule has 0 saturated carbocycles. The molecule has 3 rings (SSSR count). The fraction of sp³-hybridized carbons (Fsp3) is 0.318. The Morgan fingerprint density at radius 3 is 2.55 bits per heavy atom. The second-order valence-corrected chi connectivity index (χ2v) is 6.96. The molecule has 0 aliphatic heterocycles. The maximum Gasteiger partial charge on any atom is 0.416 e. The fourth-order valence-electron chi connectivity index (χ4n) is 3.91. The summed E-state index contributed by atoms with van der Waals surface area (Å²) in [5.74, 6) is -1.84. The molecule has 0 spiro atoms. The lowest BCUT2D eigenvalue weighted by atomic mass is 9.74. The summed E-state index contributed by atoms with van der Waals surface area (Å²) in [4.78, 5) is 12.3. The first-order valence-corrected chi connectivity index (χ1v) is 9.19. The zero-order valence-electron chi connectivity index (χ0n) is 16.3. The van der Waals surface area contributed by atoms with Gasteiger partial charge >= 0.3 is 6.18 Å². The zero-order chi connectivity index (χ0) is 22.8. The van der Waals surface area contributed by atoms with Gasteiger partial charge in [0.05, 0.1) is 35.4 Å². The number of benzene rings is 2. The van der Waals surface area contributed by atoms with Gasteiger partial charge in [0.1, 0.15) is 12.6 Å². The van der Waals surface area contributed by atoms with Gasteiger partial charge in [-0.3, -0.25) is 4.79 Å². The number of rotatable bonds is 5. The Hall–Kier alpha value is -3.27. The van der Waals surface area contributed by atoms with Crippen molar-refractivity contribution in [2.45, 2.75) is 31.5 Å². The van der Waals surface area contributed by atoms with Crippen molar-refractivity contribution in [3.63, 3.8) is 0 Å². The lowest BCUT2D eigenvalue weighted by Gasteiger charge is -2.28. The van der Waals surface area contributed by atoms with E-state index in [1.807, 2.05) is 12.1 Å². The Morgan fingerprint density at radius 1 is 1.19 bits per heavy atom. The molecule has 0 aromatic heterocycles. The molecule has 0 fully saturated rings. The highest BCUT2D eigenvalue weighted by Crippen LogP contribution is 2.43. The summed E-state index contributed by atoms with van der Waals surface area (Å²) in [7, 11) is 1.31. The van der Waals surface area contributed by atoms with Crippen LogP contribution in [0.4, 0.5) is 17.6 Å². The molecule has 5 nitrogen and oxygen atoms in total. The number of nitriles is 2. The first kappa shape index (κ1) is 22.4. The molecule has 1 aliphatic carbocycles. The number of Topliss-reactive ketones (excluding diaryl/α,β-unsaturated/α-hetero) is 1. The number of halogens is 4. The smallest absolute Gasteiger partial charge is 0.359 e. The molecule has 0 amide bonds. The Bertz CT molecular complexity index is 1110. The van der Waals surface area contributed by atoms with Crippen molar-refractivity contribution in [2.75, 3.05) is 13.9 Å². The fourth-order valence-corrected chi connectivity index (χ4v) is 3.91. The van der Waals surface area contributed by atoms with E-state index in [2.05, 4.69) is 0 Å². The number of carbonyl (C=O) groups is 1. The van der Waals surface area contributed by atoms with Gasteiger partial charge in [0.15, 0.2) is 5.78 Å². The predicted octanol–water partition coefficient (Wildman–Crippen LogP) is 4.82. The Morgan fingerprint density at radius 2 is 1.94 bits per heavy atom. The van der Waals surface area contributed by atoms with Crippen LogP contribution in [0.15, 0.2) is 24.3 Å². The molecule has 0 heterocycles. The van der Waals surface area contributed by atoms with Crippen LogP contribution in [-0.4, -0.2) is 19.7 Å². The van der Waals surface area contributed by atoms with Crippen LogP contribution in [0.1, 0.15) is 62.5 Å². The molecule has 0 radical (unpaired) electrons. The largest absolute Gasteiger partial charge is 0.416 e.